The number of hydrogen-bond donors (Lipinski definition) is 0. The number of anilines is 1. The lowest BCUT2D eigenvalue weighted by Crippen LogP contribution is -2.47. The molecule has 0 spiro atoms. The molecule has 0 aromatic carbocycles. The molecule has 0 N–H and O–H groups in total. The molecule has 1 aliphatic rings. The van der Waals surface area contributed by atoms with E-state index < -0.39 is 0 Å². The summed E-state index contributed by atoms with van der Waals surface area (Å²) in [6.07, 6.45) is 5.73. The van der Waals surface area contributed by atoms with Crippen LogP contribution in [0.15, 0.2) is 12.4 Å². The van der Waals surface area contributed by atoms with Gasteiger partial charge in [-0.3, -0.25) is 4.98 Å². The van der Waals surface area contributed by atoms with Crippen LogP contribution < -0.4 is 4.90 Å². The number of aromatic nitrogens is 2. The Hall–Kier alpha value is -0.870. The molecule has 17 heavy (non-hydrogen) atoms. The third-order valence-corrected chi connectivity index (χ3v) is 3.58. The number of alkyl halides is 1. The van der Waals surface area contributed by atoms with E-state index in [-0.39, 0.29) is 5.60 Å². The van der Waals surface area contributed by atoms with Crippen LogP contribution in [0.4, 0.5) is 5.82 Å². The molecular formula is C12H18ClN3O. The van der Waals surface area contributed by atoms with Crippen molar-refractivity contribution in [3.8, 4) is 0 Å². The van der Waals surface area contributed by atoms with Gasteiger partial charge in [-0.2, -0.15) is 0 Å². The Kier molecular flexibility index (Phi) is 3.84. The van der Waals surface area contributed by atoms with Gasteiger partial charge in [-0.1, -0.05) is 0 Å². The Bertz CT molecular complexity index is 371. The quantitative estimate of drug-likeness (QED) is 0.777. The van der Waals surface area contributed by atoms with Crippen LogP contribution in [0, 0.1) is 0 Å². The van der Waals surface area contributed by atoms with Crippen molar-refractivity contribution in [2.45, 2.75) is 31.2 Å². The maximum Gasteiger partial charge on any atom is 0.147 e. The van der Waals surface area contributed by atoms with Crippen molar-refractivity contribution in [3.05, 3.63) is 18.1 Å². The lowest BCUT2D eigenvalue weighted by molar-refractivity contribution is -0.00482. The molecule has 2 rings (SSSR count). The Balaban J connectivity index is 2.10. The van der Waals surface area contributed by atoms with Gasteiger partial charge in [0.05, 0.1) is 29.6 Å². The van der Waals surface area contributed by atoms with Crippen molar-refractivity contribution in [3.63, 3.8) is 0 Å². The molecule has 1 aliphatic heterocycles. The van der Waals surface area contributed by atoms with Crippen molar-refractivity contribution in [2.75, 3.05) is 25.1 Å². The average molecular weight is 256 g/mol. The fraction of sp³-hybridized carbons (Fsp3) is 0.667. The van der Waals surface area contributed by atoms with E-state index in [0.29, 0.717) is 5.88 Å². The zero-order chi connectivity index (χ0) is 12.3. The van der Waals surface area contributed by atoms with E-state index in [1.165, 1.54) is 0 Å². The summed E-state index contributed by atoms with van der Waals surface area (Å²) in [6.45, 7) is 4.01. The number of methoxy groups -OCH3 is 1. The van der Waals surface area contributed by atoms with Gasteiger partial charge < -0.3 is 9.64 Å². The van der Waals surface area contributed by atoms with Crippen molar-refractivity contribution in [2.24, 2.45) is 0 Å². The second-order valence-corrected chi connectivity index (χ2v) is 4.95. The fourth-order valence-corrected chi connectivity index (χ4v) is 2.29. The summed E-state index contributed by atoms with van der Waals surface area (Å²) >= 11 is 5.70. The molecule has 5 heteroatoms. The summed E-state index contributed by atoms with van der Waals surface area (Å²) in [5.74, 6) is 1.31. The highest BCUT2D eigenvalue weighted by molar-refractivity contribution is 6.16. The van der Waals surface area contributed by atoms with Crippen LogP contribution in [0.25, 0.3) is 0 Å². The number of piperidine rings is 1. The van der Waals surface area contributed by atoms with Crippen molar-refractivity contribution < 1.29 is 4.74 Å². The summed E-state index contributed by atoms with van der Waals surface area (Å²) in [5, 5.41) is 0. The third kappa shape index (κ3) is 2.87. The Labute approximate surface area is 107 Å². The van der Waals surface area contributed by atoms with Gasteiger partial charge >= 0.3 is 0 Å². The van der Waals surface area contributed by atoms with E-state index >= 15 is 0 Å². The number of halogens is 1. The molecule has 4 nitrogen and oxygen atoms in total. The van der Waals surface area contributed by atoms with E-state index in [1.54, 1.807) is 19.5 Å². The van der Waals surface area contributed by atoms with E-state index in [0.717, 1.165) is 37.4 Å². The molecule has 1 unspecified atom stereocenters. The predicted molar refractivity (Wildman–Crippen MR) is 68.5 cm³/mol. The fourth-order valence-electron chi connectivity index (χ4n) is 2.15. The standard InChI is InChI=1S/C12H18ClN3O/c1-12(17-2)4-3-5-16(9-12)11-8-14-10(6-13)7-15-11/h7-8H,3-6,9H2,1-2H3. The highest BCUT2D eigenvalue weighted by Gasteiger charge is 2.31. The highest BCUT2D eigenvalue weighted by Crippen LogP contribution is 2.26. The first-order valence-electron chi connectivity index (χ1n) is 5.84. The second kappa shape index (κ2) is 5.19. The van der Waals surface area contributed by atoms with Crippen LogP contribution >= 0.6 is 11.6 Å². The van der Waals surface area contributed by atoms with Crippen LogP contribution in [-0.4, -0.2) is 35.8 Å². The molecule has 1 fully saturated rings. The van der Waals surface area contributed by atoms with Gasteiger partial charge in [0.2, 0.25) is 0 Å². The summed E-state index contributed by atoms with van der Waals surface area (Å²) in [5.41, 5.74) is 0.729. The molecule has 0 aliphatic carbocycles. The molecule has 1 atom stereocenters. The van der Waals surface area contributed by atoms with Crippen LogP contribution in [0.2, 0.25) is 0 Å². The molecule has 0 radical (unpaired) electrons. The minimum absolute atomic E-state index is 0.0783. The molecule has 1 aromatic rings. The lowest BCUT2D eigenvalue weighted by Gasteiger charge is -2.39. The smallest absolute Gasteiger partial charge is 0.147 e. The van der Waals surface area contributed by atoms with Gasteiger partial charge in [0.1, 0.15) is 5.82 Å². The summed E-state index contributed by atoms with van der Waals surface area (Å²) < 4.78 is 5.56. The monoisotopic (exact) mass is 255 g/mol. The van der Waals surface area contributed by atoms with Crippen molar-refractivity contribution >= 4 is 17.4 Å². The first-order chi connectivity index (χ1) is 8.17. The van der Waals surface area contributed by atoms with Crippen LogP contribution in [-0.2, 0) is 10.6 Å². The van der Waals surface area contributed by atoms with E-state index in [4.69, 9.17) is 16.3 Å². The van der Waals surface area contributed by atoms with E-state index in [9.17, 15) is 0 Å². The number of ether oxygens (including phenoxy) is 1. The van der Waals surface area contributed by atoms with Gasteiger partial charge in [-0.05, 0) is 19.8 Å². The normalized spacial score (nSPS) is 25.0. The van der Waals surface area contributed by atoms with Gasteiger partial charge in [0, 0.05) is 20.2 Å². The molecule has 1 saturated heterocycles. The van der Waals surface area contributed by atoms with Crippen LogP contribution in [0.5, 0.6) is 0 Å². The second-order valence-electron chi connectivity index (χ2n) is 4.68. The highest BCUT2D eigenvalue weighted by atomic mass is 35.5. The van der Waals surface area contributed by atoms with Crippen LogP contribution in [0.1, 0.15) is 25.5 Å². The SMILES string of the molecule is COC1(C)CCCN(c2cnc(CCl)cn2)C1. The maximum absolute atomic E-state index is 5.70. The zero-order valence-corrected chi connectivity index (χ0v) is 11.1. The van der Waals surface area contributed by atoms with E-state index in [2.05, 4.69) is 21.8 Å². The molecule has 0 saturated carbocycles. The lowest BCUT2D eigenvalue weighted by atomic mass is 9.95. The number of hydrogen-bond acceptors (Lipinski definition) is 4. The molecule has 0 bridgehead atoms. The summed E-state index contributed by atoms with van der Waals surface area (Å²) in [7, 11) is 1.77. The van der Waals surface area contributed by atoms with Gasteiger partial charge in [0.25, 0.3) is 0 Å². The largest absolute Gasteiger partial charge is 0.377 e. The number of rotatable bonds is 3. The topological polar surface area (TPSA) is 38.2 Å². The predicted octanol–water partition coefficient (Wildman–Crippen LogP) is 2.22. The summed E-state index contributed by atoms with van der Waals surface area (Å²) in [4.78, 5) is 10.9. The van der Waals surface area contributed by atoms with Crippen LogP contribution in [0.3, 0.4) is 0 Å². The minimum Gasteiger partial charge on any atom is -0.377 e. The van der Waals surface area contributed by atoms with Gasteiger partial charge in [-0.15, -0.1) is 11.6 Å². The Morgan fingerprint density at radius 2 is 2.29 bits per heavy atom. The zero-order valence-electron chi connectivity index (χ0n) is 10.3. The maximum atomic E-state index is 5.70. The third-order valence-electron chi connectivity index (χ3n) is 3.30. The summed E-state index contributed by atoms with van der Waals surface area (Å²) in [6, 6.07) is 0. The molecular weight excluding hydrogens is 238 g/mol. The minimum atomic E-state index is -0.0783. The first kappa shape index (κ1) is 12.6. The Morgan fingerprint density at radius 3 is 2.88 bits per heavy atom. The van der Waals surface area contributed by atoms with E-state index in [1.807, 2.05) is 0 Å². The molecule has 2 heterocycles. The van der Waals surface area contributed by atoms with Crippen molar-refractivity contribution in [1.82, 2.24) is 9.97 Å². The molecule has 94 valence electrons. The van der Waals surface area contributed by atoms with Crippen molar-refractivity contribution in [1.29, 1.82) is 0 Å². The van der Waals surface area contributed by atoms with Gasteiger partial charge in [-0.25, -0.2) is 4.98 Å². The Morgan fingerprint density at radius 1 is 1.47 bits per heavy atom. The van der Waals surface area contributed by atoms with Gasteiger partial charge in [0.15, 0.2) is 0 Å². The average Bonchev–Trinajstić information content (AvgIpc) is 2.39. The molecule has 0 amide bonds. The molecule has 1 aromatic heterocycles. The first-order valence-corrected chi connectivity index (χ1v) is 6.37. The number of nitrogens with zero attached hydrogens (tertiary/aromatic N) is 3.